The lowest BCUT2D eigenvalue weighted by Gasteiger charge is -2.07. The Morgan fingerprint density at radius 1 is 1.20 bits per heavy atom. The van der Waals surface area contributed by atoms with Crippen molar-refractivity contribution in [3.63, 3.8) is 0 Å². The van der Waals surface area contributed by atoms with E-state index in [0.717, 1.165) is 23.5 Å². The Morgan fingerprint density at radius 2 is 1.90 bits per heavy atom. The summed E-state index contributed by atoms with van der Waals surface area (Å²) in [5, 5.41) is 12.2. The molecule has 5 heteroatoms. The van der Waals surface area contributed by atoms with Crippen LogP contribution in [0.4, 0.5) is 11.5 Å². The molecule has 1 saturated carbocycles. The van der Waals surface area contributed by atoms with Gasteiger partial charge >= 0.3 is 0 Å². The highest BCUT2D eigenvalue weighted by atomic mass is 35.5. The number of rotatable bonds is 4. The molecule has 1 fully saturated rings. The number of nitrogens with two attached hydrogens (primary N) is 1. The molecule has 1 aromatic carbocycles. The molecule has 1 aliphatic carbocycles. The Bertz CT molecular complexity index is 556. The minimum Gasteiger partial charge on any atom is -0.392 e. The van der Waals surface area contributed by atoms with Crippen molar-refractivity contribution in [1.82, 2.24) is 4.98 Å². The van der Waals surface area contributed by atoms with Gasteiger partial charge in [-0.05, 0) is 35.7 Å². The normalized spacial score (nSPS) is 20.1. The molecule has 3 rings (SSSR count). The van der Waals surface area contributed by atoms with Crippen molar-refractivity contribution in [2.24, 2.45) is 5.73 Å². The summed E-state index contributed by atoms with van der Waals surface area (Å²) in [6, 6.07) is 12.0. The van der Waals surface area contributed by atoms with Crippen LogP contribution in [-0.4, -0.2) is 16.1 Å². The molecule has 0 bridgehead atoms. The predicted molar refractivity (Wildman–Crippen MR) is 82.5 cm³/mol. The maximum atomic E-state index is 8.99. The summed E-state index contributed by atoms with van der Waals surface area (Å²) in [5.74, 6) is 1.31. The molecule has 0 radical (unpaired) electrons. The summed E-state index contributed by atoms with van der Waals surface area (Å²) in [4.78, 5) is 4.40. The maximum absolute atomic E-state index is 8.99. The summed E-state index contributed by atoms with van der Waals surface area (Å²) in [6.07, 6.45) is 2.96. The van der Waals surface area contributed by atoms with Crippen LogP contribution in [0.2, 0.25) is 0 Å². The first-order chi connectivity index (χ1) is 9.26. The number of anilines is 2. The standard InChI is InChI=1S/C15H17N3O.ClH/c16-14-7-13(14)11-3-6-15(17-8-11)18-12-4-1-10(9-19)2-5-12;/h1-6,8,13-14,19H,7,9,16H2,(H,17,18);1H/t13-,14+;/m1./s1. The van der Waals surface area contributed by atoms with Crippen molar-refractivity contribution in [3.05, 3.63) is 53.7 Å². The van der Waals surface area contributed by atoms with Crippen LogP contribution in [0.15, 0.2) is 42.6 Å². The first-order valence-corrected chi connectivity index (χ1v) is 6.44. The maximum Gasteiger partial charge on any atom is 0.130 e. The molecule has 0 aliphatic heterocycles. The van der Waals surface area contributed by atoms with E-state index in [1.54, 1.807) is 0 Å². The molecule has 4 nitrogen and oxygen atoms in total. The number of halogens is 1. The van der Waals surface area contributed by atoms with Crippen molar-refractivity contribution >= 4 is 23.9 Å². The monoisotopic (exact) mass is 291 g/mol. The number of nitrogens with zero attached hydrogens (tertiary/aromatic N) is 1. The third kappa shape index (κ3) is 3.28. The molecule has 1 aliphatic rings. The number of aromatic nitrogens is 1. The van der Waals surface area contributed by atoms with Gasteiger partial charge in [0.25, 0.3) is 0 Å². The number of pyridine rings is 1. The molecule has 20 heavy (non-hydrogen) atoms. The zero-order chi connectivity index (χ0) is 13.2. The van der Waals surface area contributed by atoms with Gasteiger partial charge in [-0.25, -0.2) is 4.98 Å². The van der Waals surface area contributed by atoms with Gasteiger partial charge in [0.1, 0.15) is 5.82 Å². The molecule has 0 unspecified atom stereocenters. The van der Waals surface area contributed by atoms with Gasteiger partial charge in [0, 0.05) is 23.8 Å². The molecule has 0 amide bonds. The van der Waals surface area contributed by atoms with E-state index in [9.17, 15) is 0 Å². The van der Waals surface area contributed by atoms with Crippen molar-refractivity contribution < 1.29 is 5.11 Å². The van der Waals surface area contributed by atoms with Gasteiger partial charge in [0.2, 0.25) is 0 Å². The third-order valence-corrected chi connectivity index (χ3v) is 3.46. The minimum absolute atomic E-state index is 0. The molecule has 0 saturated heterocycles. The quantitative estimate of drug-likeness (QED) is 0.809. The number of aliphatic hydroxyl groups is 1. The molecule has 0 spiro atoms. The van der Waals surface area contributed by atoms with Crippen molar-refractivity contribution in [2.45, 2.75) is 25.0 Å². The van der Waals surface area contributed by atoms with E-state index in [1.807, 2.05) is 36.5 Å². The van der Waals surface area contributed by atoms with Crippen LogP contribution in [0, 0.1) is 0 Å². The summed E-state index contributed by atoms with van der Waals surface area (Å²) in [5.41, 5.74) is 8.90. The van der Waals surface area contributed by atoms with Crippen LogP contribution < -0.4 is 11.1 Å². The molecule has 1 aromatic heterocycles. The van der Waals surface area contributed by atoms with E-state index >= 15 is 0 Å². The number of hydrogen-bond acceptors (Lipinski definition) is 4. The minimum atomic E-state index is 0. The third-order valence-electron chi connectivity index (χ3n) is 3.46. The van der Waals surface area contributed by atoms with Crippen LogP contribution in [-0.2, 0) is 6.61 Å². The lowest BCUT2D eigenvalue weighted by molar-refractivity contribution is 0.282. The molecule has 1 heterocycles. The summed E-state index contributed by atoms with van der Waals surface area (Å²) in [7, 11) is 0. The highest BCUT2D eigenvalue weighted by Gasteiger charge is 2.34. The zero-order valence-electron chi connectivity index (χ0n) is 11.0. The van der Waals surface area contributed by atoms with Crippen molar-refractivity contribution in [3.8, 4) is 0 Å². The Balaban J connectivity index is 0.00000147. The molecular weight excluding hydrogens is 274 g/mol. The molecule has 2 aromatic rings. The number of benzene rings is 1. The van der Waals surface area contributed by atoms with Gasteiger partial charge in [-0.3, -0.25) is 0 Å². The number of nitrogens with one attached hydrogen (secondary N) is 1. The average molecular weight is 292 g/mol. The van der Waals surface area contributed by atoms with Crippen molar-refractivity contribution in [2.75, 3.05) is 5.32 Å². The van der Waals surface area contributed by atoms with Crippen LogP contribution in [0.25, 0.3) is 0 Å². The van der Waals surface area contributed by atoms with Crippen molar-refractivity contribution in [1.29, 1.82) is 0 Å². The summed E-state index contributed by atoms with van der Waals surface area (Å²) in [6.45, 7) is 0.0644. The van der Waals surface area contributed by atoms with E-state index < -0.39 is 0 Å². The fraction of sp³-hybridized carbons (Fsp3) is 0.267. The second kappa shape index (κ2) is 6.22. The van der Waals surface area contributed by atoms with Crippen LogP contribution in [0.1, 0.15) is 23.5 Å². The second-order valence-corrected chi connectivity index (χ2v) is 4.96. The predicted octanol–water partition coefficient (Wildman–Crippen LogP) is 2.55. The van der Waals surface area contributed by atoms with Gasteiger partial charge in [0.15, 0.2) is 0 Å². The molecular formula is C15H18ClN3O. The highest BCUT2D eigenvalue weighted by Crippen LogP contribution is 2.38. The Morgan fingerprint density at radius 3 is 2.40 bits per heavy atom. The molecule has 2 atom stereocenters. The topological polar surface area (TPSA) is 71.2 Å². The van der Waals surface area contributed by atoms with Gasteiger partial charge in [-0.1, -0.05) is 18.2 Å². The summed E-state index contributed by atoms with van der Waals surface area (Å²) < 4.78 is 0. The highest BCUT2D eigenvalue weighted by molar-refractivity contribution is 5.85. The van der Waals surface area contributed by atoms with Crippen LogP contribution in [0.5, 0.6) is 0 Å². The second-order valence-electron chi connectivity index (χ2n) is 4.96. The van der Waals surface area contributed by atoms with Gasteiger partial charge in [-0.15, -0.1) is 12.4 Å². The van der Waals surface area contributed by atoms with Crippen LogP contribution in [0.3, 0.4) is 0 Å². The summed E-state index contributed by atoms with van der Waals surface area (Å²) >= 11 is 0. The Labute approximate surface area is 124 Å². The Kier molecular flexibility index (Phi) is 4.60. The number of hydrogen-bond donors (Lipinski definition) is 3. The van der Waals surface area contributed by atoms with E-state index in [0.29, 0.717) is 12.0 Å². The van der Waals surface area contributed by atoms with E-state index in [-0.39, 0.29) is 19.0 Å². The zero-order valence-corrected chi connectivity index (χ0v) is 11.8. The Hall–Kier alpha value is -1.62. The average Bonchev–Trinajstić information content (AvgIpc) is 3.18. The number of aliphatic hydroxyl groups excluding tert-OH is 1. The largest absolute Gasteiger partial charge is 0.392 e. The first kappa shape index (κ1) is 14.8. The van der Waals surface area contributed by atoms with E-state index in [4.69, 9.17) is 10.8 Å². The lowest BCUT2D eigenvalue weighted by atomic mass is 10.2. The molecule has 106 valence electrons. The van der Waals surface area contributed by atoms with Gasteiger partial charge in [-0.2, -0.15) is 0 Å². The molecule has 4 N–H and O–H groups in total. The lowest BCUT2D eigenvalue weighted by Crippen LogP contribution is -2.01. The SMILES string of the molecule is Cl.N[C@H]1C[C@@H]1c1ccc(Nc2ccc(CO)cc2)nc1. The van der Waals surface area contributed by atoms with Gasteiger partial charge in [0.05, 0.1) is 6.61 Å². The smallest absolute Gasteiger partial charge is 0.130 e. The van der Waals surface area contributed by atoms with E-state index in [1.165, 1.54) is 5.56 Å². The van der Waals surface area contributed by atoms with Crippen LogP contribution >= 0.6 is 12.4 Å². The van der Waals surface area contributed by atoms with Gasteiger partial charge < -0.3 is 16.2 Å². The fourth-order valence-corrected chi connectivity index (χ4v) is 2.14. The van der Waals surface area contributed by atoms with E-state index in [2.05, 4.69) is 16.4 Å². The fourth-order valence-electron chi connectivity index (χ4n) is 2.14. The first-order valence-electron chi connectivity index (χ1n) is 6.44.